The number of pyridine rings is 1. The molecule has 1 heterocycles. The number of halogens is 6. The smallest absolute Gasteiger partial charge is 0.384 e. The third-order valence-corrected chi connectivity index (χ3v) is 5.18. The first kappa shape index (κ1) is 26.1. The third-order valence-electron chi connectivity index (χ3n) is 5.18. The molecule has 1 unspecified atom stereocenters. The van der Waals surface area contributed by atoms with Crippen molar-refractivity contribution in [2.45, 2.75) is 63.9 Å². The fraction of sp³-hybridized carbons (Fsp3) is 0.522. The quantitative estimate of drug-likeness (QED) is 0.311. The van der Waals surface area contributed by atoms with Crippen LogP contribution in [0, 0.1) is 0 Å². The maximum Gasteiger partial charge on any atom is 0.433 e. The number of benzene rings is 1. The molecule has 2 aromatic rings. The largest absolute Gasteiger partial charge is 0.433 e. The van der Waals surface area contributed by atoms with Crippen molar-refractivity contribution in [3.05, 3.63) is 53.2 Å². The Labute approximate surface area is 183 Å². The summed E-state index contributed by atoms with van der Waals surface area (Å²) in [5.74, 6) is 0. The molecule has 0 aliphatic carbocycles. The fourth-order valence-corrected chi connectivity index (χ4v) is 3.38. The van der Waals surface area contributed by atoms with Crippen molar-refractivity contribution in [3.63, 3.8) is 0 Å². The second kappa shape index (κ2) is 10.7. The molecule has 0 saturated heterocycles. The zero-order chi connectivity index (χ0) is 24.0. The summed E-state index contributed by atoms with van der Waals surface area (Å²) in [6, 6.07) is 6.13. The average Bonchev–Trinajstić information content (AvgIpc) is 2.71. The standard InChI is InChI=1S/C23H28F6N2O/c1-3-4-5-6-7-14-30-15-21(2,32)18-12-13-19(31-20(18)23(27,28)29)16-8-10-17(11-9-16)22(24,25)26/h8-13,30,32H,3-7,14-15H2,1-2H3. The highest BCUT2D eigenvalue weighted by molar-refractivity contribution is 5.60. The van der Waals surface area contributed by atoms with E-state index in [4.69, 9.17) is 0 Å². The van der Waals surface area contributed by atoms with Crippen molar-refractivity contribution in [2.75, 3.05) is 13.1 Å². The summed E-state index contributed by atoms with van der Waals surface area (Å²) in [5, 5.41) is 13.7. The third kappa shape index (κ3) is 7.20. The molecule has 0 aliphatic rings. The first-order chi connectivity index (χ1) is 14.9. The number of rotatable bonds is 10. The molecule has 1 aromatic carbocycles. The summed E-state index contributed by atoms with van der Waals surface area (Å²) in [7, 11) is 0. The molecule has 1 aromatic heterocycles. The van der Waals surface area contributed by atoms with E-state index in [1.54, 1.807) is 0 Å². The lowest BCUT2D eigenvalue weighted by molar-refractivity contribution is -0.144. The summed E-state index contributed by atoms with van der Waals surface area (Å²) in [5.41, 5.74) is -4.41. The first-order valence-electron chi connectivity index (χ1n) is 10.6. The van der Waals surface area contributed by atoms with Gasteiger partial charge in [-0.1, -0.05) is 50.8 Å². The van der Waals surface area contributed by atoms with Crippen LogP contribution < -0.4 is 5.32 Å². The van der Waals surface area contributed by atoms with Gasteiger partial charge in [0.05, 0.1) is 11.3 Å². The summed E-state index contributed by atoms with van der Waals surface area (Å²) in [6.07, 6.45) is -4.22. The van der Waals surface area contributed by atoms with Crippen molar-refractivity contribution in [1.29, 1.82) is 0 Å². The zero-order valence-electron chi connectivity index (χ0n) is 18.1. The molecular formula is C23H28F6N2O. The molecule has 2 N–H and O–H groups in total. The lowest BCUT2D eigenvalue weighted by Gasteiger charge is -2.27. The van der Waals surface area contributed by atoms with Gasteiger partial charge >= 0.3 is 12.4 Å². The molecule has 3 nitrogen and oxygen atoms in total. The van der Waals surface area contributed by atoms with Crippen molar-refractivity contribution in [2.24, 2.45) is 0 Å². The van der Waals surface area contributed by atoms with Crippen LogP contribution in [0.5, 0.6) is 0 Å². The molecule has 9 heteroatoms. The molecule has 0 fully saturated rings. The Hall–Kier alpha value is -2.13. The maximum absolute atomic E-state index is 13.7. The second-order valence-electron chi connectivity index (χ2n) is 8.03. The molecule has 0 radical (unpaired) electrons. The summed E-state index contributed by atoms with van der Waals surface area (Å²) in [4.78, 5) is 3.66. The van der Waals surface area contributed by atoms with E-state index in [0.29, 0.717) is 6.54 Å². The number of alkyl halides is 6. The number of hydrogen-bond acceptors (Lipinski definition) is 3. The van der Waals surface area contributed by atoms with Gasteiger partial charge in [0, 0.05) is 17.7 Å². The van der Waals surface area contributed by atoms with Crippen LogP contribution in [-0.4, -0.2) is 23.2 Å². The summed E-state index contributed by atoms with van der Waals surface area (Å²) >= 11 is 0. The van der Waals surface area contributed by atoms with Crippen LogP contribution in [0.3, 0.4) is 0 Å². The highest BCUT2D eigenvalue weighted by Gasteiger charge is 2.40. The van der Waals surface area contributed by atoms with Gasteiger partial charge in [-0.15, -0.1) is 0 Å². The van der Waals surface area contributed by atoms with Gasteiger partial charge in [0.2, 0.25) is 0 Å². The van der Waals surface area contributed by atoms with Crippen molar-refractivity contribution < 1.29 is 31.4 Å². The topological polar surface area (TPSA) is 45.1 Å². The number of aromatic nitrogens is 1. The predicted octanol–water partition coefficient (Wildman–Crippen LogP) is 6.55. The molecule has 0 bridgehead atoms. The minimum Gasteiger partial charge on any atom is -0.384 e. The van der Waals surface area contributed by atoms with E-state index < -0.39 is 29.2 Å². The first-order valence-corrected chi connectivity index (χ1v) is 10.6. The van der Waals surface area contributed by atoms with Crippen LogP contribution in [0.25, 0.3) is 11.3 Å². The molecule has 0 spiro atoms. The van der Waals surface area contributed by atoms with Crippen LogP contribution in [-0.2, 0) is 18.0 Å². The number of nitrogens with one attached hydrogen (secondary N) is 1. The molecule has 0 amide bonds. The Bertz CT molecular complexity index is 860. The van der Waals surface area contributed by atoms with Gasteiger partial charge in [0.1, 0.15) is 5.60 Å². The normalized spacial score (nSPS) is 14.4. The molecular weight excluding hydrogens is 434 g/mol. The van der Waals surface area contributed by atoms with Gasteiger partial charge in [-0.2, -0.15) is 26.3 Å². The van der Waals surface area contributed by atoms with Gasteiger partial charge in [0.15, 0.2) is 5.69 Å². The Morgan fingerprint density at radius 3 is 2.03 bits per heavy atom. The minimum absolute atomic E-state index is 0.0921. The van der Waals surface area contributed by atoms with E-state index in [-0.39, 0.29) is 23.4 Å². The van der Waals surface area contributed by atoms with Crippen molar-refractivity contribution in [3.8, 4) is 11.3 Å². The van der Waals surface area contributed by atoms with E-state index in [9.17, 15) is 31.4 Å². The van der Waals surface area contributed by atoms with Crippen LogP contribution in [0.4, 0.5) is 26.3 Å². The van der Waals surface area contributed by atoms with E-state index >= 15 is 0 Å². The second-order valence-corrected chi connectivity index (χ2v) is 8.03. The lowest BCUT2D eigenvalue weighted by atomic mass is 9.93. The Morgan fingerprint density at radius 2 is 1.47 bits per heavy atom. The predicted molar refractivity (Wildman–Crippen MR) is 111 cm³/mol. The van der Waals surface area contributed by atoms with Crippen molar-refractivity contribution in [1.82, 2.24) is 10.3 Å². The number of hydrogen-bond donors (Lipinski definition) is 2. The van der Waals surface area contributed by atoms with E-state index in [0.717, 1.165) is 62.4 Å². The van der Waals surface area contributed by atoms with Crippen molar-refractivity contribution >= 4 is 0 Å². The van der Waals surface area contributed by atoms with Gasteiger partial charge < -0.3 is 10.4 Å². The minimum atomic E-state index is -4.85. The number of unbranched alkanes of at least 4 members (excludes halogenated alkanes) is 4. The fourth-order valence-electron chi connectivity index (χ4n) is 3.38. The van der Waals surface area contributed by atoms with Gasteiger partial charge in [-0.05, 0) is 38.1 Å². The van der Waals surface area contributed by atoms with E-state index in [1.807, 2.05) is 0 Å². The molecule has 2 rings (SSSR count). The molecule has 1 atom stereocenters. The molecule has 0 saturated carbocycles. The Kier molecular flexibility index (Phi) is 8.70. The molecule has 32 heavy (non-hydrogen) atoms. The van der Waals surface area contributed by atoms with Gasteiger partial charge in [0.25, 0.3) is 0 Å². The van der Waals surface area contributed by atoms with Gasteiger partial charge in [-0.3, -0.25) is 0 Å². The average molecular weight is 462 g/mol. The molecule has 178 valence electrons. The highest BCUT2D eigenvalue weighted by atomic mass is 19.4. The monoisotopic (exact) mass is 462 g/mol. The number of aliphatic hydroxyl groups is 1. The summed E-state index contributed by atoms with van der Waals surface area (Å²) < 4.78 is 79.3. The SMILES string of the molecule is CCCCCCCNCC(C)(O)c1ccc(-c2ccc(C(F)(F)F)cc2)nc1C(F)(F)F. The highest BCUT2D eigenvalue weighted by Crippen LogP contribution is 2.37. The van der Waals surface area contributed by atoms with Gasteiger partial charge in [-0.25, -0.2) is 4.98 Å². The van der Waals surface area contributed by atoms with Crippen LogP contribution in [0.15, 0.2) is 36.4 Å². The molecule has 0 aliphatic heterocycles. The Balaban J connectivity index is 2.21. The summed E-state index contributed by atoms with van der Waals surface area (Å²) in [6.45, 7) is 3.86. The van der Waals surface area contributed by atoms with Crippen LogP contribution in [0.1, 0.15) is 62.8 Å². The maximum atomic E-state index is 13.7. The van der Waals surface area contributed by atoms with E-state index in [1.165, 1.54) is 13.0 Å². The Morgan fingerprint density at radius 1 is 0.844 bits per heavy atom. The number of nitrogens with zero attached hydrogens (tertiary/aromatic N) is 1. The van der Waals surface area contributed by atoms with Crippen LogP contribution in [0.2, 0.25) is 0 Å². The van der Waals surface area contributed by atoms with E-state index in [2.05, 4.69) is 17.2 Å². The lowest BCUT2D eigenvalue weighted by Crippen LogP contribution is -2.38. The zero-order valence-corrected chi connectivity index (χ0v) is 18.1. The van der Waals surface area contributed by atoms with Crippen LogP contribution >= 0.6 is 0 Å².